The minimum absolute atomic E-state index is 0.149. The fourth-order valence-electron chi connectivity index (χ4n) is 2.41. The van der Waals surface area contributed by atoms with Gasteiger partial charge in [-0.1, -0.05) is 6.92 Å². The molecule has 1 saturated heterocycles. The number of nitrogens with zero attached hydrogens (tertiary/aromatic N) is 1. The summed E-state index contributed by atoms with van der Waals surface area (Å²) < 4.78 is 12.2. The van der Waals surface area contributed by atoms with E-state index in [2.05, 4.69) is 10.3 Å². The first-order valence-electron chi connectivity index (χ1n) is 7.02. The largest absolute Gasteiger partial charge is 0.383 e. The monoisotopic (exact) mass is 298 g/mol. The lowest BCUT2D eigenvalue weighted by Crippen LogP contribution is -2.42. The van der Waals surface area contributed by atoms with Gasteiger partial charge in [-0.3, -0.25) is 14.3 Å². The summed E-state index contributed by atoms with van der Waals surface area (Å²) in [5, 5.41) is 3.01. The number of ether oxygens (including phenoxy) is 2. The van der Waals surface area contributed by atoms with Crippen LogP contribution in [0.25, 0.3) is 0 Å². The number of H-pyrrole nitrogens is 1. The van der Waals surface area contributed by atoms with Gasteiger partial charge >= 0.3 is 5.69 Å². The quantitative estimate of drug-likeness (QED) is 0.667. The van der Waals surface area contributed by atoms with Crippen LogP contribution in [0.1, 0.15) is 19.8 Å². The molecule has 1 aliphatic heterocycles. The molecule has 1 atom stereocenters. The van der Waals surface area contributed by atoms with Gasteiger partial charge in [-0.25, -0.2) is 4.79 Å². The van der Waals surface area contributed by atoms with Gasteiger partial charge < -0.3 is 20.5 Å². The maximum absolute atomic E-state index is 11.9. The van der Waals surface area contributed by atoms with Gasteiger partial charge in [0, 0.05) is 33.2 Å². The Balaban J connectivity index is 2.25. The van der Waals surface area contributed by atoms with Crippen molar-refractivity contribution < 1.29 is 9.47 Å². The second kappa shape index (κ2) is 6.31. The van der Waals surface area contributed by atoms with Crippen LogP contribution in [0.5, 0.6) is 0 Å². The van der Waals surface area contributed by atoms with Crippen LogP contribution >= 0.6 is 0 Å². The molecule has 1 unspecified atom stereocenters. The van der Waals surface area contributed by atoms with E-state index in [4.69, 9.17) is 15.2 Å². The lowest BCUT2D eigenvalue weighted by molar-refractivity contribution is -0.00621. The average Bonchev–Trinajstić information content (AvgIpc) is 2.92. The summed E-state index contributed by atoms with van der Waals surface area (Å²) in [6, 6.07) is 0. The maximum Gasteiger partial charge on any atom is 0.330 e. The fourth-order valence-corrected chi connectivity index (χ4v) is 2.41. The second-order valence-corrected chi connectivity index (χ2v) is 5.21. The normalized spacial score (nSPS) is 21.6. The second-order valence-electron chi connectivity index (χ2n) is 5.21. The van der Waals surface area contributed by atoms with Gasteiger partial charge in [-0.15, -0.1) is 0 Å². The molecule has 118 valence electrons. The molecule has 1 aliphatic rings. The van der Waals surface area contributed by atoms with Crippen LogP contribution < -0.4 is 22.3 Å². The Morgan fingerprint density at radius 3 is 2.86 bits per heavy atom. The zero-order chi connectivity index (χ0) is 15.5. The van der Waals surface area contributed by atoms with Crippen molar-refractivity contribution >= 4 is 11.5 Å². The molecule has 2 heterocycles. The number of hydrogen-bond acceptors (Lipinski definition) is 6. The highest BCUT2D eigenvalue weighted by atomic mass is 16.5. The minimum atomic E-state index is -0.518. The number of anilines is 2. The molecular weight excluding hydrogens is 276 g/mol. The molecular formula is C13H22N4O4. The summed E-state index contributed by atoms with van der Waals surface area (Å²) in [5.41, 5.74) is 4.67. The summed E-state index contributed by atoms with van der Waals surface area (Å²) in [4.78, 5) is 25.9. The molecule has 21 heavy (non-hydrogen) atoms. The van der Waals surface area contributed by atoms with Crippen molar-refractivity contribution in [3.8, 4) is 0 Å². The molecule has 8 nitrogen and oxygen atoms in total. The fraction of sp³-hybridized carbons (Fsp3) is 0.692. The van der Waals surface area contributed by atoms with Crippen LogP contribution in [-0.2, 0) is 16.0 Å². The molecule has 4 N–H and O–H groups in total. The van der Waals surface area contributed by atoms with Gasteiger partial charge in [0.2, 0.25) is 0 Å². The zero-order valence-corrected chi connectivity index (χ0v) is 12.4. The van der Waals surface area contributed by atoms with E-state index in [0.29, 0.717) is 26.3 Å². The molecule has 0 saturated carbocycles. The summed E-state index contributed by atoms with van der Waals surface area (Å²) in [6.07, 6.45) is 1.48. The van der Waals surface area contributed by atoms with Crippen molar-refractivity contribution in [3.05, 3.63) is 20.8 Å². The van der Waals surface area contributed by atoms with Gasteiger partial charge in [0.1, 0.15) is 17.1 Å². The van der Waals surface area contributed by atoms with E-state index in [1.54, 1.807) is 7.11 Å². The number of nitrogens with two attached hydrogens (primary N) is 1. The van der Waals surface area contributed by atoms with Gasteiger partial charge in [-0.05, 0) is 6.42 Å². The predicted octanol–water partition coefficient (Wildman–Crippen LogP) is -0.254. The molecule has 0 bridgehead atoms. The number of methoxy groups -OCH3 is 1. The highest BCUT2D eigenvalue weighted by molar-refractivity contribution is 5.60. The van der Waals surface area contributed by atoms with Gasteiger partial charge in [0.25, 0.3) is 5.56 Å². The lowest BCUT2D eigenvalue weighted by atomic mass is 10.0. The van der Waals surface area contributed by atoms with Crippen molar-refractivity contribution in [2.24, 2.45) is 0 Å². The van der Waals surface area contributed by atoms with E-state index in [-0.39, 0.29) is 11.5 Å². The van der Waals surface area contributed by atoms with Crippen molar-refractivity contribution in [2.45, 2.75) is 31.9 Å². The number of nitrogens with one attached hydrogen (secondary N) is 2. The molecule has 0 amide bonds. The van der Waals surface area contributed by atoms with E-state index in [1.165, 1.54) is 4.57 Å². The standard InChI is InChI=1S/C13H22N4O4/c1-3-5-17-10(14)9(11(18)16-12(17)19)15-7-13(20-2)4-6-21-8-13/h15H,3-8,14H2,1-2H3,(H,16,18,19). The molecule has 0 aromatic carbocycles. The van der Waals surface area contributed by atoms with Crippen LogP contribution in [0.2, 0.25) is 0 Å². The zero-order valence-electron chi connectivity index (χ0n) is 12.4. The van der Waals surface area contributed by atoms with Crippen LogP contribution in [0, 0.1) is 0 Å². The van der Waals surface area contributed by atoms with Crippen LogP contribution in [-0.4, -0.2) is 42.0 Å². The molecule has 0 aliphatic carbocycles. The van der Waals surface area contributed by atoms with Crippen molar-refractivity contribution in [1.82, 2.24) is 9.55 Å². The van der Waals surface area contributed by atoms with E-state index in [9.17, 15) is 9.59 Å². The first kappa shape index (κ1) is 15.6. The summed E-state index contributed by atoms with van der Waals surface area (Å²) in [6.45, 7) is 3.86. The molecule has 1 fully saturated rings. The third-order valence-electron chi connectivity index (χ3n) is 3.77. The lowest BCUT2D eigenvalue weighted by Gasteiger charge is -2.26. The molecule has 0 spiro atoms. The van der Waals surface area contributed by atoms with Crippen molar-refractivity contribution in [1.29, 1.82) is 0 Å². The van der Waals surface area contributed by atoms with Crippen LogP contribution in [0.3, 0.4) is 0 Å². The SMILES string of the molecule is CCCn1c(N)c(NCC2(OC)CCOC2)c(=O)[nH]c1=O. The molecule has 1 aromatic rings. The Bertz CT molecular complexity index is 601. The summed E-state index contributed by atoms with van der Waals surface area (Å²) in [5.74, 6) is 0.149. The molecule has 2 rings (SSSR count). The predicted molar refractivity (Wildman–Crippen MR) is 79.7 cm³/mol. The van der Waals surface area contributed by atoms with E-state index in [1.807, 2.05) is 6.92 Å². The first-order chi connectivity index (χ1) is 10.0. The van der Waals surface area contributed by atoms with Crippen LogP contribution in [0.4, 0.5) is 11.5 Å². The third-order valence-corrected chi connectivity index (χ3v) is 3.77. The van der Waals surface area contributed by atoms with Gasteiger partial charge in [0.05, 0.1) is 6.61 Å². The Morgan fingerprint density at radius 1 is 1.52 bits per heavy atom. The van der Waals surface area contributed by atoms with Gasteiger partial charge in [-0.2, -0.15) is 0 Å². The van der Waals surface area contributed by atoms with E-state index in [0.717, 1.165) is 12.8 Å². The first-order valence-corrected chi connectivity index (χ1v) is 7.02. The third kappa shape index (κ3) is 3.11. The Hall–Kier alpha value is -1.80. The minimum Gasteiger partial charge on any atom is -0.383 e. The Labute approximate surface area is 122 Å². The van der Waals surface area contributed by atoms with Gasteiger partial charge in [0.15, 0.2) is 0 Å². The Kier molecular flexibility index (Phi) is 4.69. The highest BCUT2D eigenvalue weighted by Crippen LogP contribution is 2.23. The number of hydrogen-bond donors (Lipinski definition) is 3. The van der Waals surface area contributed by atoms with Crippen molar-refractivity contribution in [2.75, 3.05) is 37.9 Å². The topological polar surface area (TPSA) is 111 Å². The number of aromatic nitrogens is 2. The number of rotatable bonds is 6. The smallest absolute Gasteiger partial charge is 0.330 e. The molecule has 8 heteroatoms. The van der Waals surface area contributed by atoms with Crippen LogP contribution in [0.15, 0.2) is 9.59 Å². The highest BCUT2D eigenvalue weighted by Gasteiger charge is 2.35. The molecule has 1 aromatic heterocycles. The van der Waals surface area contributed by atoms with E-state index >= 15 is 0 Å². The Morgan fingerprint density at radius 2 is 2.29 bits per heavy atom. The van der Waals surface area contributed by atoms with Crippen molar-refractivity contribution in [3.63, 3.8) is 0 Å². The van der Waals surface area contributed by atoms with E-state index < -0.39 is 16.9 Å². The maximum atomic E-state index is 11.9. The summed E-state index contributed by atoms with van der Waals surface area (Å²) >= 11 is 0. The molecule has 0 radical (unpaired) electrons. The number of aromatic amines is 1. The average molecular weight is 298 g/mol. The summed E-state index contributed by atoms with van der Waals surface area (Å²) in [7, 11) is 1.61. The number of nitrogen functional groups attached to an aromatic ring is 1.